The van der Waals surface area contributed by atoms with Crippen molar-refractivity contribution in [3.05, 3.63) is 0 Å². The zero-order chi connectivity index (χ0) is 7.19. The fourth-order valence-corrected chi connectivity index (χ4v) is 2.34. The van der Waals surface area contributed by atoms with Gasteiger partial charge in [0.25, 0.3) is 0 Å². The van der Waals surface area contributed by atoms with Gasteiger partial charge < -0.3 is 4.74 Å². The van der Waals surface area contributed by atoms with Crippen LogP contribution < -0.4 is 0 Å². The molecule has 0 aromatic carbocycles. The van der Waals surface area contributed by atoms with Gasteiger partial charge in [-0.15, -0.1) is 0 Å². The van der Waals surface area contributed by atoms with Gasteiger partial charge in [0.15, 0.2) is 0 Å². The largest absolute Gasteiger partial charge is 0.366 e. The maximum absolute atomic E-state index is 5.62. The number of hydrogen-bond acceptors (Lipinski definition) is 1. The van der Waals surface area contributed by atoms with Crippen LogP contribution >= 0.6 is 0 Å². The van der Waals surface area contributed by atoms with Crippen molar-refractivity contribution in [2.45, 2.75) is 51.2 Å². The molecule has 1 aliphatic carbocycles. The summed E-state index contributed by atoms with van der Waals surface area (Å²) in [5.74, 6) is 0.902. The maximum atomic E-state index is 5.62. The molecule has 10 heavy (non-hydrogen) atoms. The minimum absolute atomic E-state index is 0.359. The normalized spacial score (nSPS) is 53.4. The highest BCUT2D eigenvalue weighted by atomic mass is 16.6. The van der Waals surface area contributed by atoms with E-state index in [1.807, 2.05) is 0 Å². The Balaban J connectivity index is 1.99. The van der Waals surface area contributed by atoms with Gasteiger partial charge in [-0.3, -0.25) is 0 Å². The summed E-state index contributed by atoms with van der Waals surface area (Å²) in [7, 11) is 0. The van der Waals surface area contributed by atoms with Gasteiger partial charge in [0.1, 0.15) is 0 Å². The van der Waals surface area contributed by atoms with Crippen LogP contribution in [-0.2, 0) is 4.74 Å². The second-order valence-corrected chi connectivity index (χ2v) is 4.03. The zero-order valence-corrected chi connectivity index (χ0v) is 6.89. The van der Waals surface area contributed by atoms with Crippen LogP contribution in [0.4, 0.5) is 0 Å². The zero-order valence-electron chi connectivity index (χ0n) is 6.89. The van der Waals surface area contributed by atoms with Crippen LogP contribution in [0.15, 0.2) is 0 Å². The molecular weight excluding hydrogens is 124 g/mol. The lowest BCUT2D eigenvalue weighted by Gasteiger charge is -2.23. The Hall–Kier alpha value is -0.0400. The second-order valence-electron chi connectivity index (χ2n) is 4.03. The third-order valence-electron chi connectivity index (χ3n) is 3.09. The van der Waals surface area contributed by atoms with E-state index in [0.29, 0.717) is 11.7 Å². The molecule has 1 saturated carbocycles. The van der Waals surface area contributed by atoms with Gasteiger partial charge >= 0.3 is 0 Å². The van der Waals surface area contributed by atoms with E-state index in [-0.39, 0.29) is 0 Å². The Labute approximate surface area is 62.8 Å². The first-order chi connectivity index (χ1) is 4.73. The molecule has 0 aromatic heterocycles. The van der Waals surface area contributed by atoms with Crippen LogP contribution in [0.1, 0.15) is 39.5 Å². The maximum Gasteiger partial charge on any atom is 0.0948 e. The molecule has 2 aliphatic rings. The summed E-state index contributed by atoms with van der Waals surface area (Å²) in [6, 6.07) is 0. The SMILES string of the molecule is CC1CCCC2(C1)OC2C. The number of rotatable bonds is 0. The van der Waals surface area contributed by atoms with Gasteiger partial charge in [-0.05, 0) is 25.7 Å². The molecule has 0 amide bonds. The lowest BCUT2D eigenvalue weighted by Crippen LogP contribution is -2.22. The van der Waals surface area contributed by atoms with Crippen molar-refractivity contribution < 1.29 is 4.74 Å². The van der Waals surface area contributed by atoms with Gasteiger partial charge in [0.05, 0.1) is 11.7 Å². The fraction of sp³-hybridized carbons (Fsp3) is 1.00. The summed E-state index contributed by atoms with van der Waals surface area (Å²) >= 11 is 0. The predicted molar refractivity (Wildman–Crippen MR) is 40.9 cm³/mol. The van der Waals surface area contributed by atoms with Gasteiger partial charge in [0, 0.05) is 0 Å². The lowest BCUT2D eigenvalue weighted by atomic mass is 9.81. The van der Waals surface area contributed by atoms with E-state index in [4.69, 9.17) is 4.74 Å². The average Bonchev–Trinajstić information content (AvgIpc) is 2.41. The summed E-state index contributed by atoms with van der Waals surface area (Å²) in [4.78, 5) is 0. The van der Waals surface area contributed by atoms with E-state index >= 15 is 0 Å². The van der Waals surface area contributed by atoms with Gasteiger partial charge in [-0.25, -0.2) is 0 Å². The number of epoxide rings is 1. The van der Waals surface area contributed by atoms with Crippen molar-refractivity contribution >= 4 is 0 Å². The van der Waals surface area contributed by atoms with Crippen molar-refractivity contribution in [1.82, 2.24) is 0 Å². The molecule has 1 spiro atoms. The molecule has 0 N–H and O–H groups in total. The number of hydrogen-bond donors (Lipinski definition) is 0. The van der Waals surface area contributed by atoms with Gasteiger partial charge in [0.2, 0.25) is 0 Å². The molecule has 1 nitrogen and oxygen atoms in total. The van der Waals surface area contributed by atoms with E-state index in [2.05, 4.69) is 13.8 Å². The smallest absolute Gasteiger partial charge is 0.0948 e. The van der Waals surface area contributed by atoms with Crippen LogP contribution in [0.2, 0.25) is 0 Å². The van der Waals surface area contributed by atoms with Crippen LogP contribution in [0, 0.1) is 5.92 Å². The summed E-state index contributed by atoms with van der Waals surface area (Å²) in [6.45, 7) is 4.55. The van der Waals surface area contributed by atoms with Crippen molar-refractivity contribution in [3.63, 3.8) is 0 Å². The molecule has 1 saturated heterocycles. The first-order valence-corrected chi connectivity index (χ1v) is 4.41. The first kappa shape index (κ1) is 6.66. The van der Waals surface area contributed by atoms with Gasteiger partial charge in [-0.1, -0.05) is 19.8 Å². The van der Waals surface area contributed by atoms with E-state index in [1.54, 1.807) is 0 Å². The minimum Gasteiger partial charge on any atom is -0.366 e. The molecule has 1 aliphatic heterocycles. The molecule has 0 bridgehead atoms. The molecule has 0 aromatic rings. The van der Waals surface area contributed by atoms with E-state index in [9.17, 15) is 0 Å². The molecule has 3 unspecified atom stereocenters. The Kier molecular flexibility index (Phi) is 1.31. The quantitative estimate of drug-likeness (QED) is 0.470. The minimum atomic E-state index is 0.359. The highest BCUT2D eigenvalue weighted by molar-refractivity contribution is 5.02. The highest BCUT2D eigenvalue weighted by Crippen LogP contribution is 2.49. The van der Waals surface area contributed by atoms with Gasteiger partial charge in [-0.2, -0.15) is 0 Å². The summed E-state index contributed by atoms with van der Waals surface area (Å²) in [5.41, 5.74) is 0.359. The molecule has 0 radical (unpaired) electrons. The summed E-state index contributed by atoms with van der Waals surface area (Å²) in [5, 5.41) is 0. The van der Waals surface area contributed by atoms with Crippen LogP contribution in [-0.4, -0.2) is 11.7 Å². The van der Waals surface area contributed by atoms with E-state index in [1.165, 1.54) is 25.7 Å². The first-order valence-electron chi connectivity index (χ1n) is 4.41. The highest BCUT2D eigenvalue weighted by Gasteiger charge is 2.54. The van der Waals surface area contributed by atoms with E-state index in [0.717, 1.165) is 5.92 Å². The molecule has 1 heteroatoms. The third-order valence-corrected chi connectivity index (χ3v) is 3.09. The average molecular weight is 140 g/mol. The predicted octanol–water partition coefficient (Wildman–Crippen LogP) is 2.35. The topological polar surface area (TPSA) is 12.5 Å². The Morgan fingerprint density at radius 1 is 1.40 bits per heavy atom. The second kappa shape index (κ2) is 1.97. The molecule has 2 rings (SSSR count). The third kappa shape index (κ3) is 0.878. The Morgan fingerprint density at radius 3 is 2.50 bits per heavy atom. The Bertz CT molecular complexity index is 144. The number of ether oxygens (including phenoxy) is 1. The standard InChI is InChI=1S/C9H16O/c1-7-4-3-5-9(6-7)8(2)10-9/h7-8H,3-6H2,1-2H3. The summed E-state index contributed by atoms with van der Waals surface area (Å²) in [6.07, 6.45) is 5.99. The lowest BCUT2D eigenvalue weighted by molar-refractivity contribution is 0.198. The monoisotopic (exact) mass is 140 g/mol. The van der Waals surface area contributed by atoms with Crippen LogP contribution in [0.5, 0.6) is 0 Å². The molecular formula is C9H16O. The molecule has 58 valence electrons. The van der Waals surface area contributed by atoms with Crippen molar-refractivity contribution in [2.75, 3.05) is 0 Å². The summed E-state index contributed by atoms with van der Waals surface area (Å²) < 4.78 is 5.62. The van der Waals surface area contributed by atoms with Crippen molar-refractivity contribution in [3.8, 4) is 0 Å². The molecule has 1 heterocycles. The molecule has 2 fully saturated rings. The van der Waals surface area contributed by atoms with Crippen molar-refractivity contribution in [1.29, 1.82) is 0 Å². The fourth-order valence-electron chi connectivity index (χ4n) is 2.34. The Morgan fingerprint density at radius 2 is 2.10 bits per heavy atom. The van der Waals surface area contributed by atoms with Crippen LogP contribution in [0.25, 0.3) is 0 Å². The molecule has 3 atom stereocenters. The van der Waals surface area contributed by atoms with E-state index < -0.39 is 0 Å². The van der Waals surface area contributed by atoms with Crippen molar-refractivity contribution in [2.24, 2.45) is 5.92 Å². The van der Waals surface area contributed by atoms with Crippen LogP contribution in [0.3, 0.4) is 0 Å².